The Balaban J connectivity index is 1.77. The summed E-state index contributed by atoms with van der Waals surface area (Å²) in [5, 5.41) is 9.33. The zero-order valence-electron chi connectivity index (χ0n) is 14.1. The van der Waals surface area contributed by atoms with Crippen LogP contribution in [0.4, 0.5) is 0 Å². The van der Waals surface area contributed by atoms with Gasteiger partial charge in [-0.1, -0.05) is 37.3 Å². The maximum absolute atomic E-state index is 13.1. The fourth-order valence-electron chi connectivity index (χ4n) is 3.95. The van der Waals surface area contributed by atoms with Crippen LogP contribution in [-0.4, -0.2) is 41.6 Å². The summed E-state index contributed by atoms with van der Waals surface area (Å²) >= 11 is 0. The average molecular weight is 331 g/mol. The van der Waals surface area contributed by atoms with E-state index in [0.29, 0.717) is 26.1 Å². The molecule has 130 valence electrons. The molecular weight excluding hydrogens is 306 g/mol. The fourth-order valence-corrected chi connectivity index (χ4v) is 3.95. The van der Waals surface area contributed by atoms with Crippen molar-refractivity contribution < 1.29 is 19.4 Å². The Morgan fingerprint density at radius 1 is 1.21 bits per heavy atom. The van der Waals surface area contributed by atoms with Gasteiger partial charge in [0.05, 0.1) is 17.9 Å². The topological polar surface area (TPSA) is 66.8 Å². The van der Waals surface area contributed by atoms with E-state index in [1.54, 1.807) is 4.90 Å². The van der Waals surface area contributed by atoms with Crippen LogP contribution in [0.5, 0.6) is 0 Å². The summed E-state index contributed by atoms with van der Waals surface area (Å²) in [6, 6.07) is 9.85. The minimum absolute atomic E-state index is 0.0429. The van der Waals surface area contributed by atoms with Gasteiger partial charge in [-0.2, -0.15) is 0 Å². The molecule has 2 heterocycles. The Labute approximate surface area is 142 Å². The van der Waals surface area contributed by atoms with Crippen LogP contribution in [0.1, 0.15) is 37.9 Å². The molecule has 3 rings (SSSR count). The predicted octanol–water partition coefficient (Wildman–Crippen LogP) is 2.72. The minimum Gasteiger partial charge on any atom is -0.481 e. The lowest BCUT2D eigenvalue weighted by atomic mass is 9.85. The summed E-state index contributed by atoms with van der Waals surface area (Å²) in [6.07, 6.45) is 2.07. The van der Waals surface area contributed by atoms with Crippen molar-refractivity contribution in [2.75, 3.05) is 19.7 Å². The third-order valence-corrected chi connectivity index (χ3v) is 5.09. The van der Waals surface area contributed by atoms with E-state index >= 15 is 0 Å². The number of carbonyl (C=O) groups excluding carboxylic acids is 1. The van der Waals surface area contributed by atoms with Crippen molar-refractivity contribution >= 4 is 11.9 Å². The lowest BCUT2D eigenvalue weighted by Gasteiger charge is -2.39. The van der Waals surface area contributed by atoms with Gasteiger partial charge in [0.25, 0.3) is 0 Å². The molecule has 0 aliphatic carbocycles. The first kappa shape index (κ1) is 17.0. The third kappa shape index (κ3) is 3.61. The van der Waals surface area contributed by atoms with Crippen LogP contribution in [0.2, 0.25) is 0 Å². The third-order valence-electron chi connectivity index (χ3n) is 5.09. The SMILES string of the molecule is CC1CC(C(=O)O)CN(C(=O)C2CCCOC2c2ccccc2)C1. The Morgan fingerprint density at radius 2 is 1.96 bits per heavy atom. The zero-order valence-corrected chi connectivity index (χ0v) is 14.1. The molecule has 0 aromatic heterocycles. The van der Waals surface area contributed by atoms with E-state index in [-0.39, 0.29) is 23.8 Å². The van der Waals surface area contributed by atoms with Gasteiger partial charge >= 0.3 is 5.97 Å². The van der Waals surface area contributed by atoms with E-state index in [1.807, 2.05) is 37.3 Å². The van der Waals surface area contributed by atoms with Gasteiger partial charge in [-0.05, 0) is 30.7 Å². The van der Waals surface area contributed by atoms with Crippen LogP contribution in [0.15, 0.2) is 30.3 Å². The summed E-state index contributed by atoms with van der Waals surface area (Å²) in [4.78, 5) is 26.2. The van der Waals surface area contributed by atoms with Gasteiger partial charge in [-0.15, -0.1) is 0 Å². The minimum atomic E-state index is -0.807. The van der Waals surface area contributed by atoms with E-state index in [9.17, 15) is 14.7 Å². The van der Waals surface area contributed by atoms with Gasteiger partial charge in [-0.25, -0.2) is 0 Å². The Morgan fingerprint density at radius 3 is 2.67 bits per heavy atom. The van der Waals surface area contributed by atoms with E-state index in [0.717, 1.165) is 18.4 Å². The summed E-state index contributed by atoms with van der Waals surface area (Å²) in [6.45, 7) is 3.63. The van der Waals surface area contributed by atoms with Crippen LogP contribution in [-0.2, 0) is 14.3 Å². The molecule has 0 spiro atoms. The Bertz CT molecular complexity index is 588. The molecule has 2 aliphatic heterocycles. The monoisotopic (exact) mass is 331 g/mol. The zero-order chi connectivity index (χ0) is 17.1. The number of nitrogens with zero attached hydrogens (tertiary/aromatic N) is 1. The molecule has 0 bridgehead atoms. The largest absolute Gasteiger partial charge is 0.481 e. The molecule has 1 N–H and O–H groups in total. The van der Waals surface area contributed by atoms with E-state index in [4.69, 9.17) is 4.74 Å². The molecule has 1 aromatic rings. The van der Waals surface area contributed by atoms with Crippen LogP contribution in [0.25, 0.3) is 0 Å². The lowest BCUT2D eigenvalue weighted by molar-refractivity contribution is -0.152. The summed E-state index contributed by atoms with van der Waals surface area (Å²) in [7, 11) is 0. The van der Waals surface area contributed by atoms with Crippen LogP contribution in [0, 0.1) is 17.8 Å². The van der Waals surface area contributed by atoms with Crippen LogP contribution in [0.3, 0.4) is 0 Å². The molecule has 0 saturated carbocycles. The number of benzene rings is 1. The highest BCUT2D eigenvalue weighted by molar-refractivity contribution is 5.81. The number of hydrogen-bond acceptors (Lipinski definition) is 3. The number of rotatable bonds is 3. The number of carbonyl (C=O) groups is 2. The molecule has 2 aliphatic rings. The maximum atomic E-state index is 13.1. The van der Waals surface area contributed by atoms with Crippen molar-refractivity contribution in [3.63, 3.8) is 0 Å². The number of ether oxygens (including phenoxy) is 1. The van der Waals surface area contributed by atoms with Crippen molar-refractivity contribution in [3.8, 4) is 0 Å². The van der Waals surface area contributed by atoms with Gasteiger partial charge < -0.3 is 14.7 Å². The first-order valence-electron chi connectivity index (χ1n) is 8.74. The van der Waals surface area contributed by atoms with Gasteiger partial charge in [-0.3, -0.25) is 9.59 Å². The second-order valence-corrected chi connectivity index (χ2v) is 7.07. The number of likely N-dealkylation sites (tertiary alicyclic amines) is 1. The van der Waals surface area contributed by atoms with Crippen molar-refractivity contribution in [1.29, 1.82) is 0 Å². The number of carboxylic acids is 1. The standard InChI is InChI=1S/C19H25NO4/c1-13-10-15(19(22)23)12-20(11-13)18(21)16-8-5-9-24-17(16)14-6-3-2-4-7-14/h2-4,6-7,13,15-17H,5,8-12H2,1H3,(H,22,23). The number of piperidine rings is 1. The molecule has 2 fully saturated rings. The van der Waals surface area contributed by atoms with Gasteiger partial charge in [0.15, 0.2) is 0 Å². The second kappa shape index (κ2) is 7.34. The molecule has 5 heteroatoms. The molecule has 4 atom stereocenters. The van der Waals surface area contributed by atoms with Crippen molar-refractivity contribution in [2.45, 2.75) is 32.3 Å². The lowest BCUT2D eigenvalue weighted by Crippen LogP contribution is -2.49. The average Bonchev–Trinajstić information content (AvgIpc) is 2.61. The molecule has 1 amide bonds. The first-order chi connectivity index (χ1) is 11.6. The number of aliphatic carboxylic acids is 1. The molecule has 5 nitrogen and oxygen atoms in total. The van der Waals surface area contributed by atoms with E-state index in [1.165, 1.54) is 0 Å². The highest BCUT2D eigenvalue weighted by Crippen LogP contribution is 2.36. The quantitative estimate of drug-likeness (QED) is 0.925. The molecule has 1 aromatic carbocycles. The molecule has 2 saturated heterocycles. The number of hydrogen-bond donors (Lipinski definition) is 1. The summed E-state index contributed by atoms with van der Waals surface area (Å²) in [5.41, 5.74) is 1.02. The highest BCUT2D eigenvalue weighted by atomic mass is 16.5. The van der Waals surface area contributed by atoms with E-state index in [2.05, 4.69) is 0 Å². The summed E-state index contributed by atoms with van der Waals surface area (Å²) < 4.78 is 5.93. The number of amides is 1. The Kier molecular flexibility index (Phi) is 5.19. The smallest absolute Gasteiger partial charge is 0.308 e. The molecular formula is C19H25NO4. The van der Waals surface area contributed by atoms with Crippen LogP contribution < -0.4 is 0 Å². The summed E-state index contributed by atoms with van der Waals surface area (Å²) in [5.74, 6) is -1.23. The van der Waals surface area contributed by atoms with Gasteiger partial charge in [0, 0.05) is 19.7 Å². The van der Waals surface area contributed by atoms with E-state index < -0.39 is 11.9 Å². The maximum Gasteiger partial charge on any atom is 0.308 e. The Hall–Kier alpha value is -1.88. The van der Waals surface area contributed by atoms with Gasteiger partial charge in [0.2, 0.25) is 5.91 Å². The van der Waals surface area contributed by atoms with Crippen LogP contribution >= 0.6 is 0 Å². The molecule has 4 unspecified atom stereocenters. The predicted molar refractivity (Wildman–Crippen MR) is 89.3 cm³/mol. The molecule has 24 heavy (non-hydrogen) atoms. The normalized spacial score (nSPS) is 30.8. The van der Waals surface area contributed by atoms with Crippen molar-refractivity contribution in [1.82, 2.24) is 4.90 Å². The molecule has 0 radical (unpaired) electrons. The first-order valence-corrected chi connectivity index (χ1v) is 8.74. The fraction of sp³-hybridized carbons (Fsp3) is 0.579. The van der Waals surface area contributed by atoms with Crippen molar-refractivity contribution in [3.05, 3.63) is 35.9 Å². The van der Waals surface area contributed by atoms with Crippen molar-refractivity contribution in [2.24, 2.45) is 17.8 Å². The van der Waals surface area contributed by atoms with Gasteiger partial charge in [0.1, 0.15) is 0 Å². The highest BCUT2D eigenvalue weighted by Gasteiger charge is 2.39. The second-order valence-electron chi connectivity index (χ2n) is 7.07. The number of carboxylic acid groups (broad SMARTS) is 1.